The molecular formula is C15H21N6O6+. The Hall–Kier alpha value is -2.57. The van der Waals surface area contributed by atoms with Crippen molar-refractivity contribution in [3.63, 3.8) is 0 Å². The number of fused-ring (bicyclic) bond motifs is 1. The van der Waals surface area contributed by atoms with Gasteiger partial charge in [-0.25, -0.2) is 20.2 Å². The molecule has 2 aromatic rings. The van der Waals surface area contributed by atoms with Crippen LogP contribution in [0.5, 0.6) is 0 Å². The third-order valence-electron chi connectivity index (χ3n) is 5.02. The van der Waals surface area contributed by atoms with E-state index in [1.54, 1.807) is 0 Å². The lowest BCUT2D eigenvalue weighted by molar-refractivity contribution is -0.976. The number of aliphatic hydroxyl groups is 2. The normalized spacial score (nSPS) is 28.7. The Bertz CT molecular complexity index is 824. The van der Waals surface area contributed by atoms with E-state index in [-0.39, 0.29) is 0 Å². The maximum absolute atomic E-state index is 10.5. The second-order valence-electron chi connectivity index (χ2n) is 6.75. The zero-order valence-electron chi connectivity index (χ0n) is 14.4. The van der Waals surface area contributed by atoms with Gasteiger partial charge in [0.25, 0.3) is 0 Å². The summed E-state index contributed by atoms with van der Waals surface area (Å²) in [6, 6.07) is 0.346. The third-order valence-corrected chi connectivity index (χ3v) is 5.02. The number of hydrogen-bond acceptors (Lipinski definition) is 9. The van der Waals surface area contributed by atoms with E-state index in [0.29, 0.717) is 23.0 Å². The Kier molecular flexibility index (Phi) is 4.76. The minimum atomic E-state index is -1.31. The predicted molar refractivity (Wildman–Crippen MR) is 88.5 cm³/mol. The van der Waals surface area contributed by atoms with Crippen LogP contribution in [0.15, 0.2) is 12.7 Å². The smallest absolute Gasteiger partial charge is 0.387 e. The van der Waals surface area contributed by atoms with Crippen molar-refractivity contribution in [2.24, 2.45) is 0 Å². The first-order valence-corrected chi connectivity index (χ1v) is 8.79. The van der Waals surface area contributed by atoms with Crippen LogP contribution < -0.4 is 5.32 Å². The zero-order chi connectivity index (χ0) is 19.0. The standard InChI is InChI=1S/C15H21N6O6/c22-11-9(5-26-21(24)25)27-15(12(11)23)20-7-18-10-13(16-6-17-14(10)20)19-8-3-1-2-4-8/h6-9,11-12,15,22-23H,1-5H2,(H,24,25)(H,16,17,19)/q+1/t9-,11-,12-,15?/m1/s1. The molecule has 12 heteroatoms. The fraction of sp³-hybridized carbons (Fsp3) is 0.667. The minimum absolute atomic E-state index is 0.346. The van der Waals surface area contributed by atoms with Crippen LogP contribution in [0.3, 0.4) is 0 Å². The van der Waals surface area contributed by atoms with Crippen molar-refractivity contribution in [3.8, 4) is 0 Å². The Morgan fingerprint density at radius 3 is 2.78 bits per heavy atom. The summed E-state index contributed by atoms with van der Waals surface area (Å²) in [5.41, 5.74) is 0.978. The van der Waals surface area contributed by atoms with Crippen molar-refractivity contribution in [2.45, 2.75) is 56.3 Å². The molecule has 2 aliphatic rings. The van der Waals surface area contributed by atoms with Crippen LogP contribution in [0.4, 0.5) is 5.82 Å². The maximum atomic E-state index is 10.5. The van der Waals surface area contributed by atoms with Crippen molar-refractivity contribution in [1.29, 1.82) is 0 Å². The molecule has 12 nitrogen and oxygen atoms in total. The number of aromatic nitrogens is 4. The van der Waals surface area contributed by atoms with Crippen LogP contribution in [0.1, 0.15) is 31.9 Å². The van der Waals surface area contributed by atoms with Gasteiger partial charge in [-0.05, 0) is 12.8 Å². The third kappa shape index (κ3) is 3.38. The lowest BCUT2D eigenvalue weighted by Crippen LogP contribution is -2.34. The first-order chi connectivity index (χ1) is 13.0. The van der Waals surface area contributed by atoms with E-state index in [9.17, 15) is 15.1 Å². The molecule has 2 aromatic heterocycles. The van der Waals surface area contributed by atoms with E-state index in [2.05, 4.69) is 25.1 Å². The van der Waals surface area contributed by atoms with Crippen molar-refractivity contribution in [3.05, 3.63) is 17.6 Å². The van der Waals surface area contributed by atoms with Gasteiger partial charge in [0.2, 0.25) is 0 Å². The monoisotopic (exact) mass is 381 g/mol. The van der Waals surface area contributed by atoms with Gasteiger partial charge < -0.3 is 20.3 Å². The molecule has 1 saturated carbocycles. The fourth-order valence-corrected chi connectivity index (χ4v) is 3.64. The average molecular weight is 381 g/mol. The molecule has 1 aliphatic carbocycles. The molecule has 4 N–H and O–H groups in total. The zero-order valence-corrected chi connectivity index (χ0v) is 14.4. The first-order valence-electron chi connectivity index (χ1n) is 8.79. The van der Waals surface area contributed by atoms with Crippen LogP contribution in [0.2, 0.25) is 0 Å². The number of imidazole rings is 1. The lowest BCUT2D eigenvalue weighted by atomic mass is 10.1. The molecule has 0 aromatic carbocycles. The van der Waals surface area contributed by atoms with Gasteiger partial charge in [0.05, 0.1) is 6.33 Å². The van der Waals surface area contributed by atoms with Crippen molar-refractivity contribution >= 4 is 17.0 Å². The molecule has 2 fully saturated rings. The molecule has 0 spiro atoms. The molecular weight excluding hydrogens is 360 g/mol. The molecule has 4 atom stereocenters. The van der Waals surface area contributed by atoms with Gasteiger partial charge in [-0.3, -0.25) is 4.57 Å². The highest BCUT2D eigenvalue weighted by Crippen LogP contribution is 2.33. The van der Waals surface area contributed by atoms with E-state index in [0.717, 1.165) is 12.8 Å². The highest BCUT2D eigenvalue weighted by atomic mass is 17.0. The number of hydrogen-bond donors (Lipinski definition) is 4. The van der Waals surface area contributed by atoms with Crippen LogP contribution >= 0.6 is 0 Å². The minimum Gasteiger partial charge on any atom is -0.387 e. The lowest BCUT2D eigenvalue weighted by Gasteiger charge is -2.17. The molecule has 4 rings (SSSR count). The van der Waals surface area contributed by atoms with Gasteiger partial charge in [0.1, 0.15) is 29.5 Å². The molecule has 1 unspecified atom stereocenters. The fourth-order valence-electron chi connectivity index (χ4n) is 3.64. The Morgan fingerprint density at radius 1 is 1.26 bits per heavy atom. The Morgan fingerprint density at radius 2 is 2.04 bits per heavy atom. The van der Waals surface area contributed by atoms with Crippen LogP contribution in [0.25, 0.3) is 11.2 Å². The Balaban J connectivity index is 1.57. The van der Waals surface area contributed by atoms with Crippen LogP contribution in [-0.4, -0.2) is 71.0 Å². The van der Waals surface area contributed by atoms with E-state index in [4.69, 9.17) is 9.94 Å². The van der Waals surface area contributed by atoms with Gasteiger partial charge in [0, 0.05) is 6.04 Å². The molecule has 1 saturated heterocycles. The summed E-state index contributed by atoms with van der Waals surface area (Å²) >= 11 is 0. The Labute approximate surface area is 153 Å². The number of rotatable bonds is 6. The maximum Gasteiger partial charge on any atom is 0.475 e. The highest BCUT2D eigenvalue weighted by Gasteiger charge is 2.45. The number of nitrogens with zero attached hydrogens (tertiary/aromatic N) is 5. The largest absolute Gasteiger partial charge is 0.475 e. The van der Waals surface area contributed by atoms with Gasteiger partial charge >= 0.3 is 5.09 Å². The molecule has 0 bridgehead atoms. The number of ether oxygens (including phenoxy) is 1. The first kappa shape index (κ1) is 17.8. The quantitative estimate of drug-likeness (QED) is 0.498. The molecule has 0 radical (unpaired) electrons. The molecule has 1 aliphatic heterocycles. The SMILES string of the molecule is O=[N+](O)OC[C@H]1OC(n2cnc3c(NC4CCCC4)ncnc32)[C@H](O)[C@@H]1O. The second-order valence-corrected chi connectivity index (χ2v) is 6.75. The summed E-state index contributed by atoms with van der Waals surface area (Å²) in [6.07, 6.45) is 2.76. The summed E-state index contributed by atoms with van der Waals surface area (Å²) in [6.45, 7) is -0.426. The van der Waals surface area contributed by atoms with E-state index >= 15 is 0 Å². The summed E-state index contributed by atoms with van der Waals surface area (Å²) in [5.74, 6) is 0.612. The molecule has 146 valence electrons. The topological polar surface area (TPSA) is 155 Å². The summed E-state index contributed by atoms with van der Waals surface area (Å²) in [4.78, 5) is 27.7. The molecule has 3 heterocycles. The predicted octanol–water partition coefficient (Wildman–Crippen LogP) is -0.100. The van der Waals surface area contributed by atoms with Crippen molar-refractivity contribution in [2.75, 3.05) is 11.9 Å². The van der Waals surface area contributed by atoms with E-state index < -0.39 is 36.2 Å². The number of anilines is 1. The van der Waals surface area contributed by atoms with Gasteiger partial charge in [-0.15, -0.1) is 0 Å². The molecule has 27 heavy (non-hydrogen) atoms. The van der Waals surface area contributed by atoms with Gasteiger partial charge in [-0.1, -0.05) is 12.8 Å². The van der Waals surface area contributed by atoms with Gasteiger partial charge in [-0.2, -0.15) is 4.84 Å². The number of nitrogens with one attached hydrogen (secondary N) is 1. The summed E-state index contributed by atoms with van der Waals surface area (Å²) < 4.78 is 7.10. The highest BCUT2D eigenvalue weighted by molar-refractivity contribution is 5.82. The van der Waals surface area contributed by atoms with Crippen molar-refractivity contribution < 1.29 is 30.1 Å². The molecule has 0 amide bonds. The van der Waals surface area contributed by atoms with E-state index in [1.165, 1.54) is 30.1 Å². The van der Waals surface area contributed by atoms with Crippen molar-refractivity contribution in [1.82, 2.24) is 19.5 Å². The van der Waals surface area contributed by atoms with Gasteiger partial charge in [0.15, 0.2) is 29.8 Å². The van der Waals surface area contributed by atoms with Crippen LogP contribution in [0, 0.1) is 4.91 Å². The van der Waals surface area contributed by atoms with Crippen LogP contribution in [-0.2, 0) is 9.57 Å². The average Bonchev–Trinajstić information content (AvgIpc) is 3.36. The summed E-state index contributed by atoms with van der Waals surface area (Å²) in [5, 5.41) is 31.6. The number of aliphatic hydroxyl groups excluding tert-OH is 2. The second kappa shape index (κ2) is 7.21. The van der Waals surface area contributed by atoms with E-state index in [1.807, 2.05) is 0 Å². The summed E-state index contributed by atoms with van der Waals surface area (Å²) in [7, 11) is 0.